The van der Waals surface area contributed by atoms with Gasteiger partial charge in [-0.15, -0.1) is 0 Å². The maximum absolute atomic E-state index is 13.9. The van der Waals surface area contributed by atoms with Crippen molar-refractivity contribution in [2.24, 2.45) is 17.8 Å². The van der Waals surface area contributed by atoms with Gasteiger partial charge in [0.15, 0.2) is 0 Å². The molecule has 0 spiro atoms. The number of ether oxygens (including phenoxy) is 1. The maximum atomic E-state index is 13.9. The standard InChI is InChI=1S/C34H50N6O3Si/c1-22(2)30-32(39(20-35-30)21-43-18-19-44(5,6)7)26-12-14-27(15-13-26)37-34(42)31(29(24-8-9-24)25-10-11-25)38-33(41)28-16-17-36-40(28)23(3)4/h12-17,20,22-25,29,31H,8-11,18-19,21H2,1-7H3,(H,37,42)(H,38,41). The van der Waals surface area contributed by atoms with Crippen molar-refractivity contribution in [3.8, 4) is 11.3 Å². The minimum Gasteiger partial charge on any atom is -0.361 e. The lowest BCUT2D eigenvalue weighted by atomic mass is 9.88. The fraction of sp³-hybridized carbons (Fsp3) is 0.588. The molecule has 5 rings (SSSR count). The van der Waals surface area contributed by atoms with Crippen molar-refractivity contribution in [2.45, 2.75) is 104 Å². The van der Waals surface area contributed by atoms with Gasteiger partial charge in [0.25, 0.3) is 5.91 Å². The van der Waals surface area contributed by atoms with E-state index in [4.69, 9.17) is 9.72 Å². The van der Waals surface area contributed by atoms with Gasteiger partial charge < -0.3 is 19.9 Å². The number of benzene rings is 1. The lowest BCUT2D eigenvalue weighted by Crippen LogP contribution is -2.50. The third-order valence-electron chi connectivity index (χ3n) is 8.74. The summed E-state index contributed by atoms with van der Waals surface area (Å²) in [5.74, 6) is 0.967. The highest BCUT2D eigenvalue weighted by Gasteiger charge is 2.48. The summed E-state index contributed by atoms with van der Waals surface area (Å²) >= 11 is 0. The summed E-state index contributed by atoms with van der Waals surface area (Å²) in [6.45, 7) is 16.5. The van der Waals surface area contributed by atoms with Gasteiger partial charge in [-0.05, 0) is 87.4 Å². The molecular weight excluding hydrogens is 568 g/mol. The Morgan fingerprint density at radius 2 is 1.66 bits per heavy atom. The van der Waals surface area contributed by atoms with E-state index in [1.54, 1.807) is 16.9 Å². The lowest BCUT2D eigenvalue weighted by Gasteiger charge is -2.28. The Morgan fingerprint density at radius 1 is 1.00 bits per heavy atom. The van der Waals surface area contributed by atoms with Crippen LogP contribution in [0.15, 0.2) is 42.9 Å². The highest BCUT2D eigenvalue weighted by Crippen LogP contribution is 2.51. The predicted octanol–water partition coefficient (Wildman–Crippen LogP) is 6.94. The van der Waals surface area contributed by atoms with E-state index in [0.29, 0.717) is 29.9 Å². The number of anilines is 1. The molecule has 0 bridgehead atoms. The summed E-state index contributed by atoms with van der Waals surface area (Å²) in [5.41, 5.74) is 4.28. The number of hydrogen-bond acceptors (Lipinski definition) is 5. The molecule has 10 heteroatoms. The molecule has 3 aromatic rings. The van der Waals surface area contributed by atoms with E-state index in [2.05, 4.69) is 53.8 Å². The monoisotopic (exact) mass is 618 g/mol. The molecule has 2 saturated carbocycles. The Kier molecular flexibility index (Phi) is 9.79. The molecule has 1 unspecified atom stereocenters. The number of nitrogens with one attached hydrogen (secondary N) is 2. The van der Waals surface area contributed by atoms with Crippen molar-refractivity contribution >= 4 is 25.6 Å². The van der Waals surface area contributed by atoms with Crippen molar-refractivity contribution in [3.63, 3.8) is 0 Å². The van der Waals surface area contributed by atoms with Crippen LogP contribution < -0.4 is 10.6 Å². The first-order chi connectivity index (χ1) is 20.9. The molecule has 9 nitrogen and oxygen atoms in total. The molecule has 2 N–H and O–H groups in total. The predicted molar refractivity (Wildman–Crippen MR) is 177 cm³/mol. The van der Waals surface area contributed by atoms with Gasteiger partial charge in [-0.3, -0.25) is 14.3 Å². The summed E-state index contributed by atoms with van der Waals surface area (Å²) in [6.07, 6.45) is 7.98. The highest BCUT2D eigenvalue weighted by atomic mass is 28.3. The SMILES string of the molecule is CC(C)c1ncn(COCC[Si](C)(C)C)c1-c1ccc(NC(=O)C(NC(=O)c2ccnn2C(C)C)C(C2CC2)C2CC2)cc1. The zero-order valence-electron chi connectivity index (χ0n) is 27.5. The Morgan fingerprint density at radius 3 is 2.23 bits per heavy atom. The molecule has 1 atom stereocenters. The first-order valence-electron chi connectivity index (χ1n) is 16.3. The fourth-order valence-corrected chi connectivity index (χ4v) is 6.81. The van der Waals surface area contributed by atoms with E-state index >= 15 is 0 Å². The van der Waals surface area contributed by atoms with E-state index in [1.807, 2.05) is 44.4 Å². The van der Waals surface area contributed by atoms with Gasteiger partial charge >= 0.3 is 0 Å². The molecule has 2 amide bonds. The first-order valence-corrected chi connectivity index (χ1v) is 20.0. The second-order valence-electron chi connectivity index (χ2n) is 14.5. The molecular formula is C34H50N6O3Si. The van der Waals surface area contributed by atoms with Gasteiger partial charge in [-0.1, -0.05) is 45.6 Å². The molecule has 2 aromatic heterocycles. The second-order valence-corrected chi connectivity index (χ2v) is 20.1. The number of carbonyl (C=O) groups excluding carboxylic acids is 2. The van der Waals surface area contributed by atoms with Crippen LogP contribution in [0.5, 0.6) is 0 Å². The van der Waals surface area contributed by atoms with E-state index in [9.17, 15) is 9.59 Å². The molecule has 2 heterocycles. The number of hydrogen-bond donors (Lipinski definition) is 2. The number of aromatic nitrogens is 4. The van der Waals surface area contributed by atoms with E-state index in [1.165, 1.54) is 0 Å². The average molecular weight is 619 g/mol. The van der Waals surface area contributed by atoms with Gasteiger partial charge in [0.2, 0.25) is 5.91 Å². The lowest BCUT2D eigenvalue weighted by molar-refractivity contribution is -0.119. The van der Waals surface area contributed by atoms with Crippen LogP contribution in [0.3, 0.4) is 0 Å². The first kappa shape index (κ1) is 32.2. The second kappa shape index (κ2) is 13.4. The average Bonchev–Trinajstić information content (AvgIpc) is 3.89. The van der Waals surface area contributed by atoms with Crippen LogP contribution in [0.4, 0.5) is 5.69 Å². The Balaban J connectivity index is 1.32. The Hall–Kier alpha value is -3.24. The topological polar surface area (TPSA) is 103 Å². The summed E-state index contributed by atoms with van der Waals surface area (Å²) in [4.78, 5) is 32.1. The molecule has 0 saturated heterocycles. The van der Waals surface area contributed by atoms with Gasteiger partial charge in [-0.2, -0.15) is 5.10 Å². The van der Waals surface area contributed by atoms with Crippen LogP contribution in [0.1, 0.15) is 81.5 Å². The van der Waals surface area contributed by atoms with Gasteiger partial charge in [0.1, 0.15) is 18.5 Å². The van der Waals surface area contributed by atoms with Crippen molar-refractivity contribution in [1.82, 2.24) is 24.6 Å². The van der Waals surface area contributed by atoms with Crippen molar-refractivity contribution in [2.75, 3.05) is 11.9 Å². The Labute approximate surface area is 263 Å². The smallest absolute Gasteiger partial charge is 0.270 e. The summed E-state index contributed by atoms with van der Waals surface area (Å²) < 4.78 is 9.85. The van der Waals surface area contributed by atoms with Crippen LogP contribution >= 0.6 is 0 Å². The largest absolute Gasteiger partial charge is 0.361 e. The van der Waals surface area contributed by atoms with Crippen molar-refractivity contribution in [1.29, 1.82) is 0 Å². The third kappa shape index (κ3) is 7.88. The highest BCUT2D eigenvalue weighted by molar-refractivity contribution is 6.76. The van der Waals surface area contributed by atoms with Crippen LogP contribution in [0.2, 0.25) is 25.7 Å². The molecule has 0 aliphatic heterocycles. The van der Waals surface area contributed by atoms with Gasteiger partial charge in [0.05, 0.1) is 17.7 Å². The summed E-state index contributed by atoms with van der Waals surface area (Å²) in [7, 11) is -1.17. The van der Waals surface area contributed by atoms with Gasteiger partial charge in [0, 0.05) is 38.2 Å². The molecule has 238 valence electrons. The zero-order chi connectivity index (χ0) is 31.6. The number of carbonyl (C=O) groups is 2. The maximum Gasteiger partial charge on any atom is 0.270 e. The van der Waals surface area contributed by atoms with E-state index in [-0.39, 0.29) is 29.7 Å². The summed E-state index contributed by atoms with van der Waals surface area (Å²) in [6, 6.07) is 10.2. The van der Waals surface area contributed by atoms with Crippen LogP contribution in [0.25, 0.3) is 11.3 Å². The molecule has 2 fully saturated rings. The van der Waals surface area contributed by atoms with Gasteiger partial charge in [-0.25, -0.2) is 4.98 Å². The molecule has 0 radical (unpaired) electrons. The zero-order valence-corrected chi connectivity index (χ0v) is 28.5. The summed E-state index contributed by atoms with van der Waals surface area (Å²) in [5, 5.41) is 10.6. The number of imidazole rings is 1. The quantitative estimate of drug-likeness (QED) is 0.142. The van der Waals surface area contributed by atoms with Crippen molar-refractivity contribution < 1.29 is 14.3 Å². The van der Waals surface area contributed by atoms with Crippen molar-refractivity contribution in [3.05, 3.63) is 54.2 Å². The normalized spacial score (nSPS) is 16.1. The minimum absolute atomic E-state index is 0.0448. The fourth-order valence-electron chi connectivity index (χ4n) is 6.05. The number of amides is 2. The third-order valence-corrected chi connectivity index (χ3v) is 10.4. The minimum atomic E-state index is -1.17. The molecule has 1 aromatic carbocycles. The van der Waals surface area contributed by atoms with E-state index in [0.717, 1.165) is 55.3 Å². The van der Waals surface area contributed by atoms with Crippen LogP contribution in [-0.2, 0) is 16.3 Å². The van der Waals surface area contributed by atoms with Crippen LogP contribution in [0, 0.1) is 17.8 Å². The number of nitrogens with zero attached hydrogens (tertiary/aromatic N) is 4. The van der Waals surface area contributed by atoms with E-state index < -0.39 is 14.1 Å². The molecule has 2 aliphatic rings. The Bertz CT molecular complexity index is 1420. The number of rotatable bonds is 15. The molecule has 2 aliphatic carbocycles. The molecule has 44 heavy (non-hydrogen) atoms. The van der Waals surface area contributed by atoms with Crippen LogP contribution in [-0.4, -0.2) is 51.9 Å².